The van der Waals surface area contributed by atoms with Crippen LogP contribution in [0.3, 0.4) is 0 Å². The number of rotatable bonds is 6. The van der Waals surface area contributed by atoms with Crippen molar-refractivity contribution < 1.29 is 32.3 Å². The third-order valence-corrected chi connectivity index (χ3v) is 8.25. The van der Waals surface area contributed by atoms with Crippen molar-refractivity contribution in [3.8, 4) is 0 Å². The van der Waals surface area contributed by atoms with Crippen molar-refractivity contribution in [1.82, 2.24) is 20.5 Å². The predicted octanol–water partition coefficient (Wildman–Crippen LogP) is 2.48. The Morgan fingerprint density at radius 1 is 1.24 bits per heavy atom. The van der Waals surface area contributed by atoms with E-state index in [-0.39, 0.29) is 46.8 Å². The number of primary amides is 1. The van der Waals surface area contributed by atoms with Gasteiger partial charge in [0.2, 0.25) is 17.7 Å². The maximum atomic E-state index is 15.0. The maximum absolute atomic E-state index is 15.0. The highest BCUT2D eigenvalue weighted by molar-refractivity contribution is 6.35. The van der Waals surface area contributed by atoms with Gasteiger partial charge in [0.1, 0.15) is 23.6 Å². The summed E-state index contributed by atoms with van der Waals surface area (Å²) in [7, 11) is 0. The van der Waals surface area contributed by atoms with Gasteiger partial charge in [-0.05, 0) is 50.3 Å². The van der Waals surface area contributed by atoms with E-state index in [9.17, 15) is 23.6 Å². The van der Waals surface area contributed by atoms with Crippen molar-refractivity contribution in [2.24, 2.45) is 17.6 Å². The Balaban J connectivity index is 1.45. The molecule has 4 fully saturated rings. The highest BCUT2D eigenvalue weighted by atomic mass is 35.5. The van der Waals surface area contributed by atoms with E-state index in [1.165, 1.54) is 12.1 Å². The lowest BCUT2D eigenvalue weighted by atomic mass is 9.71. The molecule has 4 aliphatic rings. The second kappa shape index (κ2) is 9.79. The minimum absolute atomic E-state index is 0.00103. The molecule has 0 spiro atoms. The van der Waals surface area contributed by atoms with Crippen LogP contribution in [0.25, 0.3) is 10.9 Å². The number of carbonyl (C=O) groups is 4. The number of alkyl halides is 2. The molecule has 5 N–H and O–H groups in total. The number of amides is 4. The fraction of sp³-hybridized carbons (Fsp3) is 0.520. The molecular weight excluding hydrogens is 527 g/mol. The van der Waals surface area contributed by atoms with Gasteiger partial charge in [0.15, 0.2) is 0 Å². The molecule has 1 saturated carbocycles. The summed E-state index contributed by atoms with van der Waals surface area (Å²) in [5.74, 6) is -8.82. The fourth-order valence-corrected chi connectivity index (χ4v) is 6.26. The van der Waals surface area contributed by atoms with Crippen LogP contribution in [0, 0.1) is 17.7 Å². The molecule has 6 rings (SSSR count). The van der Waals surface area contributed by atoms with Crippen LogP contribution in [0.1, 0.15) is 49.0 Å². The number of aromatic amines is 1. The average Bonchev–Trinajstić information content (AvgIpc) is 3.33. The largest absolute Gasteiger partial charge is 0.368 e. The second-order valence-electron chi connectivity index (χ2n) is 10.3. The number of piperidine rings is 3. The lowest BCUT2D eigenvalue weighted by molar-refractivity contribution is -0.179. The molecule has 9 nitrogen and oxygen atoms in total. The Morgan fingerprint density at radius 2 is 2.00 bits per heavy atom. The number of hydrogen-bond acceptors (Lipinski definition) is 4. The molecule has 1 aromatic heterocycles. The first-order chi connectivity index (χ1) is 18.0. The molecule has 1 aliphatic carbocycles. The van der Waals surface area contributed by atoms with Crippen molar-refractivity contribution in [3.05, 3.63) is 34.7 Å². The Kier molecular flexibility index (Phi) is 6.79. The molecule has 2 bridgehead atoms. The summed E-state index contributed by atoms with van der Waals surface area (Å²) in [6.45, 7) is 0.503. The van der Waals surface area contributed by atoms with Gasteiger partial charge in [-0.1, -0.05) is 11.6 Å². The lowest BCUT2D eigenvalue weighted by Gasteiger charge is -2.53. The molecule has 3 aliphatic heterocycles. The minimum Gasteiger partial charge on any atom is -0.368 e. The minimum atomic E-state index is -3.22. The zero-order chi connectivity index (χ0) is 27.4. The van der Waals surface area contributed by atoms with Crippen LogP contribution in [0.4, 0.5) is 13.2 Å². The molecule has 5 atom stereocenters. The molecule has 2 aromatic rings. The van der Waals surface area contributed by atoms with Gasteiger partial charge in [-0.2, -0.15) is 0 Å². The van der Waals surface area contributed by atoms with Crippen molar-refractivity contribution in [3.63, 3.8) is 0 Å². The van der Waals surface area contributed by atoms with Crippen LogP contribution in [0.5, 0.6) is 0 Å². The lowest BCUT2D eigenvalue weighted by Crippen LogP contribution is -2.69. The standard InChI is InChI=1S/C25H27ClF3N5O4/c26-15-5-6-16(27)13-9-18(32-19(13)15)24(38)34-12-3-4-14(25(28,29)10-12)20(34)23(37)33-17(21(30)35)8-11-2-1-7-31-22(11)36/h5-6,9,11-12,14,17,20,32H,1-4,7-8,10H2,(H2,30,35)(H,31,36)(H,33,37)/t11-,12-,14-,17-,20+/m0/s1. The number of H-pyrrole nitrogens is 1. The van der Waals surface area contributed by atoms with Gasteiger partial charge in [0.05, 0.1) is 16.5 Å². The number of nitrogens with zero attached hydrogens (tertiary/aromatic N) is 1. The molecule has 4 heterocycles. The molecule has 204 valence electrons. The smallest absolute Gasteiger partial charge is 0.271 e. The van der Waals surface area contributed by atoms with Gasteiger partial charge in [-0.25, -0.2) is 13.2 Å². The number of nitrogens with one attached hydrogen (secondary N) is 3. The van der Waals surface area contributed by atoms with Crippen molar-refractivity contribution in [2.75, 3.05) is 6.54 Å². The average molecular weight is 554 g/mol. The Bertz CT molecular complexity index is 1280. The fourth-order valence-electron chi connectivity index (χ4n) is 6.05. The summed E-state index contributed by atoms with van der Waals surface area (Å²) in [4.78, 5) is 55.4. The number of nitrogens with two attached hydrogens (primary N) is 1. The van der Waals surface area contributed by atoms with Crippen molar-refractivity contribution in [1.29, 1.82) is 0 Å². The molecule has 38 heavy (non-hydrogen) atoms. The van der Waals surface area contributed by atoms with Crippen LogP contribution in [0.2, 0.25) is 5.02 Å². The molecular formula is C25H27ClF3N5O4. The summed E-state index contributed by atoms with van der Waals surface area (Å²) in [6, 6.07) is -0.144. The van der Waals surface area contributed by atoms with Crippen LogP contribution < -0.4 is 16.4 Å². The summed E-state index contributed by atoms with van der Waals surface area (Å²) in [5.41, 5.74) is 5.56. The van der Waals surface area contributed by atoms with Gasteiger partial charge in [-0.15, -0.1) is 0 Å². The first-order valence-corrected chi connectivity index (χ1v) is 12.9. The van der Waals surface area contributed by atoms with Gasteiger partial charge < -0.3 is 26.3 Å². The number of carbonyl (C=O) groups excluding carboxylic acids is 4. The summed E-state index contributed by atoms with van der Waals surface area (Å²) < 4.78 is 44.4. The zero-order valence-corrected chi connectivity index (χ0v) is 21.0. The van der Waals surface area contributed by atoms with E-state index in [2.05, 4.69) is 15.6 Å². The number of aromatic nitrogens is 1. The predicted molar refractivity (Wildman–Crippen MR) is 131 cm³/mol. The van der Waals surface area contributed by atoms with Gasteiger partial charge >= 0.3 is 0 Å². The first kappa shape index (κ1) is 26.3. The summed E-state index contributed by atoms with van der Waals surface area (Å²) >= 11 is 6.13. The van der Waals surface area contributed by atoms with Gasteiger partial charge in [0.25, 0.3) is 11.8 Å². The van der Waals surface area contributed by atoms with Crippen LogP contribution in [0.15, 0.2) is 18.2 Å². The second-order valence-corrected chi connectivity index (χ2v) is 10.7. The number of hydrogen-bond donors (Lipinski definition) is 4. The van der Waals surface area contributed by atoms with Crippen LogP contribution in [-0.4, -0.2) is 64.1 Å². The SMILES string of the molecule is NC(=O)[C@H](C[C@@H]1CCCNC1=O)NC(=O)[C@H]1[C@@H]2CC[C@@H](CC2(F)F)N1C(=O)c1cc2c(F)ccc(Cl)c2[nH]1. The topological polar surface area (TPSA) is 137 Å². The number of benzene rings is 1. The van der Waals surface area contributed by atoms with E-state index in [1.807, 2.05) is 0 Å². The highest BCUT2D eigenvalue weighted by Gasteiger charge is 2.60. The molecule has 3 saturated heterocycles. The zero-order valence-electron chi connectivity index (χ0n) is 20.2. The molecule has 0 radical (unpaired) electrons. The monoisotopic (exact) mass is 553 g/mol. The summed E-state index contributed by atoms with van der Waals surface area (Å²) in [6.07, 6.45) is 0.723. The first-order valence-electron chi connectivity index (χ1n) is 12.5. The van der Waals surface area contributed by atoms with E-state index < -0.39 is 65.8 Å². The third kappa shape index (κ3) is 4.59. The Labute approximate surface area is 220 Å². The quantitative estimate of drug-likeness (QED) is 0.437. The van der Waals surface area contributed by atoms with E-state index in [1.54, 1.807) is 0 Å². The maximum Gasteiger partial charge on any atom is 0.271 e. The van der Waals surface area contributed by atoms with E-state index in [0.29, 0.717) is 19.4 Å². The van der Waals surface area contributed by atoms with Gasteiger partial charge in [-0.3, -0.25) is 19.2 Å². The van der Waals surface area contributed by atoms with E-state index >= 15 is 8.78 Å². The van der Waals surface area contributed by atoms with Crippen molar-refractivity contribution in [2.45, 2.75) is 62.6 Å². The molecule has 13 heteroatoms. The Hall–Kier alpha value is -3.28. The molecule has 0 unspecified atom stereocenters. The number of fused-ring (bicyclic) bond motifs is 4. The van der Waals surface area contributed by atoms with Crippen molar-refractivity contribution >= 4 is 46.1 Å². The normalized spacial score (nSPS) is 27.2. The molecule has 4 amide bonds. The van der Waals surface area contributed by atoms with E-state index in [0.717, 1.165) is 11.0 Å². The van der Waals surface area contributed by atoms with Gasteiger partial charge in [0, 0.05) is 30.3 Å². The number of halogens is 4. The van der Waals surface area contributed by atoms with Crippen LogP contribution in [-0.2, 0) is 14.4 Å². The Morgan fingerprint density at radius 3 is 2.66 bits per heavy atom. The third-order valence-electron chi connectivity index (χ3n) is 7.94. The van der Waals surface area contributed by atoms with Crippen LogP contribution >= 0.6 is 11.6 Å². The highest BCUT2D eigenvalue weighted by Crippen LogP contribution is 2.49. The van der Waals surface area contributed by atoms with E-state index in [4.69, 9.17) is 17.3 Å². The summed E-state index contributed by atoms with van der Waals surface area (Å²) in [5, 5.41) is 5.35. The molecule has 1 aromatic carbocycles.